The van der Waals surface area contributed by atoms with E-state index in [2.05, 4.69) is 5.32 Å². The van der Waals surface area contributed by atoms with Gasteiger partial charge in [-0.15, -0.1) is 12.4 Å². The molecule has 0 radical (unpaired) electrons. The van der Waals surface area contributed by atoms with E-state index in [9.17, 15) is 4.79 Å². The van der Waals surface area contributed by atoms with Gasteiger partial charge in [-0.2, -0.15) is 0 Å². The van der Waals surface area contributed by atoms with Gasteiger partial charge in [-0.1, -0.05) is 0 Å². The van der Waals surface area contributed by atoms with E-state index in [4.69, 9.17) is 9.84 Å². The third-order valence-electron chi connectivity index (χ3n) is 1.79. The summed E-state index contributed by atoms with van der Waals surface area (Å²) in [6, 6.07) is -0.411. The summed E-state index contributed by atoms with van der Waals surface area (Å²) < 4.78 is 5.26. The third-order valence-corrected chi connectivity index (χ3v) is 1.79. The van der Waals surface area contributed by atoms with Crippen LogP contribution in [0.4, 0.5) is 0 Å². The number of halogens is 1. The molecule has 2 atom stereocenters. The summed E-state index contributed by atoms with van der Waals surface area (Å²) in [6.45, 7) is 3.22. The van der Waals surface area contributed by atoms with Crippen LogP contribution in [-0.2, 0) is 9.53 Å². The van der Waals surface area contributed by atoms with Crippen LogP contribution < -0.4 is 5.32 Å². The van der Waals surface area contributed by atoms with Crippen LogP contribution in [0.3, 0.4) is 0 Å². The number of rotatable bonds is 3. The molecular formula is C7H14ClNO3. The zero-order valence-corrected chi connectivity index (χ0v) is 7.76. The maximum Gasteiger partial charge on any atom is 0.320 e. The molecule has 72 valence electrons. The first kappa shape index (κ1) is 11.7. The Bertz CT molecular complexity index is 154. The molecule has 1 saturated heterocycles. The average Bonchev–Trinajstić information content (AvgIpc) is 2.37. The monoisotopic (exact) mass is 195 g/mol. The smallest absolute Gasteiger partial charge is 0.320 e. The summed E-state index contributed by atoms with van der Waals surface area (Å²) in [5.41, 5.74) is 0. The first-order valence-electron chi connectivity index (χ1n) is 3.81. The molecule has 0 unspecified atom stereocenters. The molecule has 1 fully saturated rings. The predicted octanol–water partition coefficient (Wildman–Crippen LogP) is 0.260. The average molecular weight is 196 g/mol. The Morgan fingerprint density at radius 2 is 2.42 bits per heavy atom. The van der Waals surface area contributed by atoms with Gasteiger partial charge in [0.1, 0.15) is 6.04 Å². The summed E-state index contributed by atoms with van der Waals surface area (Å²) in [4.78, 5) is 10.4. The Morgan fingerprint density at radius 1 is 1.75 bits per heavy atom. The molecule has 1 aliphatic rings. The van der Waals surface area contributed by atoms with Gasteiger partial charge in [0, 0.05) is 19.6 Å². The number of carbonyl (C=O) groups is 1. The molecule has 2 N–H and O–H groups in total. The standard InChI is InChI=1S/C7H13NO3.ClH/c1-2-11-5-3-6(7(9)10)8-4-5;/h5-6,8H,2-4H2,1H3,(H,9,10);1H/t5-,6-;/m1./s1. The molecule has 1 aliphatic heterocycles. The number of carboxylic acid groups (broad SMARTS) is 1. The minimum Gasteiger partial charge on any atom is -0.480 e. The molecule has 0 aromatic carbocycles. The third kappa shape index (κ3) is 2.97. The molecule has 5 heteroatoms. The zero-order chi connectivity index (χ0) is 8.27. The quantitative estimate of drug-likeness (QED) is 0.679. The van der Waals surface area contributed by atoms with Crippen LogP contribution in [-0.4, -0.2) is 36.4 Å². The minimum atomic E-state index is -0.785. The molecule has 1 heterocycles. The summed E-state index contributed by atoms with van der Waals surface area (Å²) in [6.07, 6.45) is 0.671. The van der Waals surface area contributed by atoms with E-state index in [1.807, 2.05) is 6.92 Å². The van der Waals surface area contributed by atoms with Crippen molar-refractivity contribution in [2.45, 2.75) is 25.5 Å². The highest BCUT2D eigenvalue weighted by molar-refractivity contribution is 5.85. The first-order valence-corrected chi connectivity index (χ1v) is 3.81. The Hall–Kier alpha value is -0.320. The van der Waals surface area contributed by atoms with Gasteiger partial charge in [0.25, 0.3) is 0 Å². The molecule has 12 heavy (non-hydrogen) atoms. The largest absolute Gasteiger partial charge is 0.480 e. The van der Waals surface area contributed by atoms with E-state index in [0.29, 0.717) is 19.6 Å². The van der Waals surface area contributed by atoms with Crippen molar-refractivity contribution in [1.29, 1.82) is 0 Å². The van der Waals surface area contributed by atoms with Gasteiger partial charge >= 0.3 is 5.97 Å². The highest BCUT2D eigenvalue weighted by Gasteiger charge is 2.28. The number of hydrogen-bond acceptors (Lipinski definition) is 3. The molecule has 0 bridgehead atoms. The van der Waals surface area contributed by atoms with E-state index in [-0.39, 0.29) is 18.5 Å². The van der Waals surface area contributed by atoms with Gasteiger partial charge < -0.3 is 15.2 Å². The lowest BCUT2D eigenvalue weighted by Crippen LogP contribution is -2.29. The van der Waals surface area contributed by atoms with E-state index in [0.717, 1.165) is 0 Å². The van der Waals surface area contributed by atoms with Crippen LogP contribution in [0.25, 0.3) is 0 Å². The Kier molecular flexibility index (Phi) is 5.20. The molecule has 0 aliphatic carbocycles. The molecule has 0 aromatic heterocycles. The highest BCUT2D eigenvalue weighted by atomic mass is 35.5. The fourth-order valence-corrected chi connectivity index (χ4v) is 1.25. The van der Waals surface area contributed by atoms with Crippen molar-refractivity contribution in [1.82, 2.24) is 5.32 Å². The maximum atomic E-state index is 10.4. The van der Waals surface area contributed by atoms with Crippen molar-refractivity contribution in [2.24, 2.45) is 0 Å². The van der Waals surface area contributed by atoms with Gasteiger partial charge in [-0.25, -0.2) is 0 Å². The fourth-order valence-electron chi connectivity index (χ4n) is 1.25. The normalized spacial score (nSPS) is 28.1. The molecule has 0 saturated carbocycles. The summed E-state index contributed by atoms with van der Waals surface area (Å²) in [5.74, 6) is -0.785. The van der Waals surface area contributed by atoms with Crippen LogP contribution >= 0.6 is 12.4 Å². The lowest BCUT2D eigenvalue weighted by Gasteiger charge is -2.06. The second-order valence-electron chi connectivity index (χ2n) is 2.61. The number of aliphatic carboxylic acids is 1. The Morgan fingerprint density at radius 3 is 2.83 bits per heavy atom. The van der Waals surface area contributed by atoms with Crippen molar-refractivity contribution < 1.29 is 14.6 Å². The van der Waals surface area contributed by atoms with Crippen LogP contribution in [0, 0.1) is 0 Å². The summed E-state index contributed by atoms with van der Waals surface area (Å²) in [7, 11) is 0. The lowest BCUT2D eigenvalue weighted by molar-refractivity contribution is -0.139. The molecule has 0 aromatic rings. The number of hydrogen-bond donors (Lipinski definition) is 2. The topological polar surface area (TPSA) is 58.6 Å². The zero-order valence-electron chi connectivity index (χ0n) is 6.95. The Balaban J connectivity index is 0.00000121. The highest BCUT2D eigenvalue weighted by Crippen LogP contribution is 2.09. The van der Waals surface area contributed by atoms with Crippen LogP contribution in [0.5, 0.6) is 0 Å². The summed E-state index contributed by atoms with van der Waals surface area (Å²) >= 11 is 0. The van der Waals surface area contributed by atoms with Gasteiger partial charge in [0.2, 0.25) is 0 Å². The van der Waals surface area contributed by atoms with E-state index < -0.39 is 12.0 Å². The number of carboxylic acids is 1. The molecule has 0 amide bonds. The van der Waals surface area contributed by atoms with E-state index >= 15 is 0 Å². The predicted molar refractivity (Wildman–Crippen MR) is 46.7 cm³/mol. The van der Waals surface area contributed by atoms with Gasteiger partial charge in [0.15, 0.2) is 0 Å². The van der Waals surface area contributed by atoms with E-state index in [1.165, 1.54) is 0 Å². The van der Waals surface area contributed by atoms with Crippen LogP contribution in [0.2, 0.25) is 0 Å². The second-order valence-corrected chi connectivity index (χ2v) is 2.61. The maximum absolute atomic E-state index is 10.4. The van der Waals surface area contributed by atoms with Crippen molar-refractivity contribution in [3.63, 3.8) is 0 Å². The number of nitrogens with one attached hydrogen (secondary N) is 1. The van der Waals surface area contributed by atoms with Crippen LogP contribution in [0.15, 0.2) is 0 Å². The molecule has 0 spiro atoms. The molecule has 4 nitrogen and oxygen atoms in total. The molecular weight excluding hydrogens is 182 g/mol. The van der Waals surface area contributed by atoms with Gasteiger partial charge in [0.05, 0.1) is 6.10 Å². The van der Waals surface area contributed by atoms with Crippen molar-refractivity contribution in [3.8, 4) is 0 Å². The SMILES string of the molecule is CCO[C@H]1CN[C@@H](C(=O)O)C1.Cl. The Labute approximate surface area is 77.7 Å². The van der Waals surface area contributed by atoms with E-state index in [1.54, 1.807) is 0 Å². The number of ether oxygens (including phenoxy) is 1. The van der Waals surface area contributed by atoms with Crippen LogP contribution in [0.1, 0.15) is 13.3 Å². The van der Waals surface area contributed by atoms with Gasteiger partial charge in [-0.3, -0.25) is 4.79 Å². The minimum absolute atomic E-state index is 0. The van der Waals surface area contributed by atoms with Crippen molar-refractivity contribution >= 4 is 18.4 Å². The first-order chi connectivity index (χ1) is 5.24. The lowest BCUT2D eigenvalue weighted by atomic mass is 10.2. The van der Waals surface area contributed by atoms with Gasteiger partial charge in [-0.05, 0) is 6.92 Å². The van der Waals surface area contributed by atoms with Crippen molar-refractivity contribution in [2.75, 3.05) is 13.2 Å². The van der Waals surface area contributed by atoms with Crippen molar-refractivity contribution in [3.05, 3.63) is 0 Å². The fraction of sp³-hybridized carbons (Fsp3) is 0.857. The molecule has 1 rings (SSSR count). The second kappa shape index (κ2) is 5.35. The summed E-state index contributed by atoms with van der Waals surface area (Å²) in [5, 5.41) is 11.4.